The number of sulfonamides is 2. The molecule has 3 N–H and O–H groups in total. The number of anilines is 1. The second-order valence-corrected chi connectivity index (χ2v) is 7.38. The summed E-state index contributed by atoms with van der Waals surface area (Å²) in [6.07, 6.45) is 0. The molecule has 112 valence electrons. The molecule has 0 aliphatic rings. The highest BCUT2D eigenvalue weighted by Gasteiger charge is 2.16. The van der Waals surface area contributed by atoms with Crippen LogP contribution in [0, 0.1) is 5.82 Å². The summed E-state index contributed by atoms with van der Waals surface area (Å²) in [5.74, 6) is -0.924. The summed E-state index contributed by atoms with van der Waals surface area (Å²) in [5.41, 5.74) is -0.233. The Morgan fingerprint density at radius 1 is 0.905 bits per heavy atom. The van der Waals surface area contributed by atoms with E-state index in [0.29, 0.717) is 6.07 Å². The van der Waals surface area contributed by atoms with Gasteiger partial charge in [0.25, 0.3) is 10.0 Å². The van der Waals surface area contributed by atoms with Crippen LogP contribution in [0.2, 0.25) is 0 Å². The molecule has 0 bridgehead atoms. The summed E-state index contributed by atoms with van der Waals surface area (Å²) in [4.78, 5) is -0.556. The van der Waals surface area contributed by atoms with Gasteiger partial charge in [-0.15, -0.1) is 0 Å². The molecule has 9 heteroatoms. The molecule has 0 aromatic heterocycles. The molecule has 0 saturated carbocycles. The number of primary sulfonamides is 1. The molecule has 0 radical (unpaired) electrons. The van der Waals surface area contributed by atoms with Crippen LogP contribution in [0.3, 0.4) is 0 Å². The van der Waals surface area contributed by atoms with Crippen LogP contribution in [0.15, 0.2) is 58.3 Å². The molecule has 2 rings (SSSR count). The molecule has 0 saturated heterocycles. The van der Waals surface area contributed by atoms with Crippen molar-refractivity contribution in [1.29, 1.82) is 0 Å². The van der Waals surface area contributed by atoms with Crippen molar-refractivity contribution >= 4 is 25.7 Å². The standard InChI is InChI=1S/C12H11FN2O4S2/c13-9-6-10(8-12(7-9)20(14,16)17)15-21(18,19)11-4-2-1-3-5-11/h1-8,15H,(H2,14,16,17). The van der Waals surface area contributed by atoms with Gasteiger partial charge in [0.1, 0.15) is 5.82 Å². The van der Waals surface area contributed by atoms with Gasteiger partial charge >= 0.3 is 0 Å². The number of rotatable bonds is 4. The van der Waals surface area contributed by atoms with E-state index in [1.807, 2.05) is 0 Å². The first-order chi connectivity index (χ1) is 9.68. The average molecular weight is 330 g/mol. The van der Waals surface area contributed by atoms with Gasteiger partial charge in [0.2, 0.25) is 10.0 Å². The number of halogens is 1. The fourth-order valence-corrected chi connectivity index (χ4v) is 3.23. The fourth-order valence-electron chi connectivity index (χ4n) is 1.60. The van der Waals surface area contributed by atoms with Crippen molar-refractivity contribution in [2.24, 2.45) is 5.14 Å². The van der Waals surface area contributed by atoms with Crippen LogP contribution in [0.5, 0.6) is 0 Å². The monoisotopic (exact) mass is 330 g/mol. The maximum Gasteiger partial charge on any atom is 0.261 e. The highest BCUT2D eigenvalue weighted by atomic mass is 32.2. The van der Waals surface area contributed by atoms with E-state index in [1.54, 1.807) is 6.07 Å². The quantitative estimate of drug-likeness (QED) is 0.880. The van der Waals surface area contributed by atoms with Crippen molar-refractivity contribution in [2.45, 2.75) is 9.79 Å². The minimum absolute atomic E-state index is 0.0357. The minimum Gasteiger partial charge on any atom is -0.279 e. The third-order valence-corrected chi connectivity index (χ3v) is 4.80. The normalized spacial score (nSPS) is 12.1. The third-order valence-electron chi connectivity index (χ3n) is 2.51. The predicted molar refractivity (Wildman–Crippen MR) is 75.0 cm³/mol. The SMILES string of the molecule is NS(=O)(=O)c1cc(F)cc(NS(=O)(=O)c2ccccc2)c1. The third kappa shape index (κ3) is 3.78. The van der Waals surface area contributed by atoms with Gasteiger partial charge in [0.15, 0.2) is 0 Å². The number of nitrogens with one attached hydrogen (secondary N) is 1. The molecular weight excluding hydrogens is 319 g/mol. The van der Waals surface area contributed by atoms with Gasteiger partial charge in [-0.1, -0.05) is 18.2 Å². The van der Waals surface area contributed by atoms with Gasteiger partial charge in [0.05, 0.1) is 15.5 Å². The van der Waals surface area contributed by atoms with E-state index in [9.17, 15) is 21.2 Å². The topological polar surface area (TPSA) is 106 Å². The second-order valence-electron chi connectivity index (χ2n) is 4.14. The molecule has 0 unspecified atom stereocenters. The Morgan fingerprint density at radius 3 is 2.10 bits per heavy atom. The number of nitrogens with two attached hydrogens (primary N) is 1. The fraction of sp³-hybridized carbons (Fsp3) is 0. The van der Waals surface area contributed by atoms with Gasteiger partial charge in [-0.25, -0.2) is 26.4 Å². The van der Waals surface area contributed by atoms with E-state index in [4.69, 9.17) is 5.14 Å². The predicted octanol–water partition coefficient (Wildman–Crippen LogP) is 1.27. The summed E-state index contributed by atoms with van der Waals surface area (Å²) >= 11 is 0. The lowest BCUT2D eigenvalue weighted by Crippen LogP contribution is -2.15. The summed E-state index contributed by atoms with van der Waals surface area (Å²) < 4.78 is 62.0. The lowest BCUT2D eigenvalue weighted by atomic mass is 10.3. The molecule has 0 atom stereocenters. The number of hydrogen-bond acceptors (Lipinski definition) is 4. The van der Waals surface area contributed by atoms with Crippen molar-refractivity contribution in [3.63, 3.8) is 0 Å². The molecule has 0 amide bonds. The Hall–Kier alpha value is -1.97. The first-order valence-electron chi connectivity index (χ1n) is 5.60. The van der Waals surface area contributed by atoms with Gasteiger partial charge in [-0.2, -0.15) is 0 Å². The number of benzene rings is 2. The lowest BCUT2D eigenvalue weighted by molar-refractivity contribution is 0.591. The Bertz CT molecular complexity index is 865. The molecule has 2 aromatic carbocycles. The van der Waals surface area contributed by atoms with E-state index < -0.39 is 30.8 Å². The smallest absolute Gasteiger partial charge is 0.261 e. The Kier molecular flexibility index (Phi) is 3.99. The van der Waals surface area contributed by atoms with E-state index in [2.05, 4.69) is 4.72 Å². The highest BCUT2D eigenvalue weighted by molar-refractivity contribution is 7.92. The lowest BCUT2D eigenvalue weighted by Gasteiger charge is -2.09. The van der Waals surface area contributed by atoms with Crippen molar-refractivity contribution in [3.8, 4) is 0 Å². The molecule has 0 fully saturated rings. The Balaban J connectivity index is 2.43. The van der Waals surface area contributed by atoms with E-state index >= 15 is 0 Å². The summed E-state index contributed by atoms with van der Waals surface area (Å²) in [6.45, 7) is 0. The summed E-state index contributed by atoms with van der Waals surface area (Å²) in [7, 11) is -8.09. The average Bonchev–Trinajstić information content (AvgIpc) is 2.37. The molecule has 2 aromatic rings. The first-order valence-corrected chi connectivity index (χ1v) is 8.63. The zero-order valence-corrected chi connectivity index (χ0v) is 12.2. The van der Waals surface area contributed by atoms with Crippen LogP contribution < -0.4 is 9.86 Å². The van der Waals surface area contributed by atoms with Crippen molar-refractivity contribution in [2.75, 3.05) is 4.72 Å². The van der Waals surface area contributed by atoms with Gasteiger partial charge in [-0.3, -0.25) is 4.72 Å². The molecule has 6 nitrogen and oxygen atoms in total. The molecule has 0 aliphatic heterocycles. The molecule has 0 aliphatic carbocycles. The van der Waals surface area contributed by atoms with Crippen LogP contribution in [0.25, 0.3) is 0 Å². The van der Waals surface area contributed by atoms with Gasteiger partial charge in [0, 0.05) is 0 Å². The Morgan fingerprint density at radius 2 is 1.52 bits per heavy atom. The summed E-state index contributed by atoms with van der Waals surface area (Å²) in [6, 6.07) is 9.89. The molecule has 0 spiro atoms. The Labute approximate surface area is 121 Å². The van der Waals surface area contributed by atoms with Crippen LogP contribution in [-0.4, -0.2) is 16.8 Å². The zero-order valence-electron chi connectivity index (χ0n) is 10.5. The second kappa shape index (κ2) is 5.43. The van der Waals surface area contributed by atoms with Crippen LogP contribution >= 0.6 is 0 Å². The first kappa shape index (κ1) is 15.4. The van der Waals surface area contributed by atoms with Gasteiger partial charge in [-0.05, 0) is 30.3 Å². The largest absolute Gasteiger partial charge is 0.279 e. The zero-order chi connectivity index (χ0) is 15.7. The van der Waals surface area contributed by atoms with Crippen LogP contribution in [0.1, 0.15) is 0 Å². The van der Waals surface area contributed by atoms with E-state index in [1.165, 1.54) is 24.3 Å². The molecular formula is C12H11FN2O4S2. The van der Waals surface area contributed by atoms with Crippen molar-refractivity contribution in [1.82, 2.24) is 0 Å². The number of hydrogen-bond donors (Lipinski definition) is 2. The van der Waals surface area contributed by atoms with Crippen molar-refractivity contribution in [3.05, 3.63) is 54.3 Å². The summed E-state index contributed by atoms with van der Waals surface area (Å²) in [5, 5.41) is 4.90. The van der Waals surface area contributed by atoms with Crippen LogP contribution in [-0.2, 0) is 20.0 Å². The van der Waals surface area contributed by atoms with E-state index in [-0.39, 0.29) is 10.6 Å². The maximum absolute atomic E-state index is 13.4. The minimum atomic E-state index is -4.14. The molecule has 0 heterocycles. The molecule has 21 heavy (non-hydrogen) atoms. The highest BCUT2D eigenvalue weighted by Crippen LogP contribution is 2.20. The van der Waals surface area contributed by atoms with Gasteiger partial charge < -0.3 is 0 Å². The van der Waals surface area contributed by atoms with Crippen LogP contribution in [0.4, 0.5) is 10.1 Å². The van der Waals surface area contributed by atoms with E-state index in [0.717, 1.165) is 12.1 Å². The van der Waals surface area contributed by atoms with Crippen molar-refractivity contribution < 1.29 is 21.2 Å². The maximum atomic E-state index is 13.4.